The monoisotopic (exact) mass is 350 g/mol. The maximum Gasteiger partial charge on any atom is 0.220 e. The van der Waals surface area contributed by atoms with Crippen LogP contribution in [0.3, 0.4) is 0 Å². The Morgan fingerprint density at radius 1 is 1.04 bits per heavy atom. The van der Waals surface area contributed by atoms with E-state index in [-0.39, 0.29) is 6.04 Å². The molecule has 1 aliphatic rings. The number of hydrogen-bond donors (Lipinski definition) is 2. The van der Waals surface area contributed by atoms with Gasteiger partial charge in [0.25, 0.3) is 0 Å². The molecule has 1 aromatic heterocycles. The highest BCUT2D eigenvalue weighted by molar-refractivity contribution is 6.30. The minimum Gasteiger partial charge on any atom is -0.376 e. The normalized spacial score (nSPS) is 16.6. The molecule has 0 fully saturated rings. The predicted molar refractivity (Wildman–Crippen MR) is 103 cm³/mol. The number of anilines is 2. The molecule has 3 aromatic rings. The van der Waals surface area contributed by atoms with Gasteiger partial charge in [-0.3, -0.25) is 0 Å². The number of halogens is 1. The van der Waals surface area contributed by atoms with Gasteiger partial charge in [-0.15, -0.1) is 0 Å². The van der Waals surface area contributed by atoms with Gasteiger partial charge in [0.1, 0.15) is 0 Å². The Balaban J connectivity index is 1.69. The van der Waals surface area contributed by atoms with E-state index >= 15 is 0 Å². The Morgan fingerprint density at radius 3 is 2.68 bits per heavy atom. The van der Waals surface area contributed by atoms with E-state index in [4.69, 9.17) is 17.3 Å². The van der Waals surface area contributed by atoms with E-state index in [1.165, 1.54) is 11.3 Å². The number of nitrogens with zero attached hydrogens (tertiary/aromatic N) is 2. The van der Waals surface area contributed by atoms with Crippen molar-refractivity contribution < 1.29 is 0 Å². The van der Waals surface area contributed by atoms with Gasteiger partial charge in [-0.05, 0) is 49.1 Å². The zero-order chi connectivity index (χ0) is 17.2. The number of hydrogen-bond acceptors (Lipinski definition) is 4. The minimum atomic E-state index is 0.125. The molecule has 0 radical (unpaired) electrons. The van der Waals surface area contributed by atoms with E-state index in [9.17, 15) is 0 Å². The molecule has 1 unspecified atom stereocenters. The first kappa shape index (κ1) is 15.9. The first-order valence-corrected chi connectivity index (χ1v) is 8.82. The Morgan fingerprint density at radius 2 is 1.84 bits per heavy atom. The smallest absolute Gasteiger partial charge is 0.220 e. The standard InChI is InChI=1S/C20H19ClN4/c21-15-10-8-14(9-11-15)18-12-19(25-20(22)24-18)17-7-3-5-13-4-1-2-6-16(13)23-17/h1-2,4,6,8-12,17,23H,3,5,7H2,(H2,22,24,25). The third-order valence-corrected chi connectivity index (χ3v) is 4.80. The molecule has 0 amide bonds. The lowest BCUT2D eigenvalue weighted by Gasteiger charge is -2.18. The van der Waals surface area contributed by atoms with E-state index in [2.05, 4.69) is 39.6 Å². The Kier molecular flexibility index (Phi) is 4.28. The van der Waals surface area contributed by atoms with Gasteiger partial charge < -0.3 is 11.1 Å². The molecule has 1 atom stereocenters. The molecule has 2 heterocycles. The fraction of sp³-hybridized carbons (Fsp3) is 0.200. The van der Waals surface area contributed by atoms with Crippen molar-refractivity contribution in [2.45, 2.75) is 25.3 Å². The quantitative estimate of drug-likeness (QED) is 0.692. The summed E-state index contributed by atoms with van der Waals surface area (Å²) in [5.74, 6) is 0.293. The van der Waals surface area contributed by atoms with Crippen LogP contribution in [0.1, 0.15) is 30.1 Å². The van der Waals surface area contributed by atoms with Crippen molar-refractivity contribution in [1.29, 1.82) is 0 Å². The first-order chi connectivity index (χ1) is 12.2. The largest absolute Gasteiger partial charge is 0.376 e. The molecule has 0 bridgehead atoms. The Labute approximate surface area is 152 Å². The van der Waals surface area contributed by atoms with Crippen LogP contribution in [0.5, 0.6) is 0 Å². The third-order valence-electron chi connectivity index (χ3n) is 4.55. The maximum atomic E-state index is 5.99. The molecule has 0 spiro atoms. The summed E-state index contributed by atoms with van der Waals surface area (Å²) >= 11 is 5.98. The number of aromatic nitrogens is 2. The van der Waals surface area contributed by atoms with Crippen molar-refractivity contribution in [3.8, 4) is 11.3 Å². The molecule has 5 heteroatoms. The van der Waals surface area contributed by atoms with Crippen LogP contribution < -0.4 is 11.1 Å². The summed E-state index contributed by atoms with van der Waals surface area (Å²) in [6.45, 7) is 0. The molecule has 0 saturated carbocycles. The van der Waals surface area contributed by atoms with E-state index < -0.39 is 0 Å². The van der Waals surface area contributed by atoms with Crippen LogP contribution in [-0.2, 0) is 6.42 Å². The topological polar surface area (TPSA) is 63.8 Å². The molecular weight excluding hydrogens is 332 g/mol. The summed E-state index contributed by atoms with van der Waals surface area (Å²) in [6, 6.07) is 18.2. The van der Waals surface area contributed by atoms with E-state index in [1.54, 1.807) is 0 Å². The lowest BCUT2D eigenvalue weighted by Crippen LogP contribution is -2.13. The summed E-state index contributed by atoms with van der Waals surface area (Å²) in [5.41, 5.74) is 11.2. The highest BCUT2D eigenvalue weighted by Crippen LogP contribution is 2.32. The highest BCUT2D eigenvalue weighted by Gasteiger charge is 2.19. The summed E-state index contributed by atoms with van der Waals surface area (Å²) in [4.78, 5) is 8.89. The zero-order valence-corrected chi connectivity index (χ0v) is 14.5. The Hall–Kier alpha value is -2.59. The van der Waals surface area contributed by atoms with Crippen molar-refractivity contribution in [2.75, 3.05) is 11.1 Å². The van der Waals surface area contributed by atoms with Crippen LogP contribution in [0.4, 0.5) is 11.6 Å². The maximum absolute atomic E-state index is 5.99. The van der Waals surface area contributed by atoms with Crippen molar-refractivity contribution >= 4 is 23.2 Å². The number of para-hydroxylation sites is 1. The van der Waals surface area contributed by atoms with E-state index in [0.717, 1.165) is 36.2 Å². The molecule has 0 aliphatic carbocycles. The van der Waals surface area contributed by atoms with Crippen molar-refractivity contribution in [2.24, 2.45) is 0 Å². The van der Waals surface area contributed by atoms with Crippen LogP contribution in [0.2, 0.25) is 5.02 Å². The second kappa shape index (κ2) is 6.73. The summed E-state index contributed by atoms with van der Waals surface area (Å²) in [6.07, 6.45) is 3.18. The number of nitrogen functional groups attached to an aromatic ring is 1. The van der Waals surface area contributed by atoms with Gasteiger partial charge in [-0.2, -0.15) is 0 Å². The van der Waals surface area contributed by atoms with Gasteiger partial charge in [0.15, 0.2) is 0 Å². The number of aryl methyl sites for hydroxylation is 1. The molecule has 4 rings (SSSR count). The minimum absolute atomic E-state index is 0.125. The number of rotatable bonds is 2. The second-order valence-electron chi connectivity index (χ2n) is 6.29. The summed E-state index contributed by atoms with van der Waals surface area (Å²) < 4.78 is 0. The molecule has 2 aromatic carbocycles. The van der Waals surface area contributed by atoms with Crippen LogP contribution >= 0.6 is 11.6 Å². The molecular formula is C20H19ClN4. The fourth-order valence-electron chi connectivity index (χ4n) is 3.29. The van der Waals surface area contributed by atoms with Gasteiger partial charge in [-0.1, -0.05) is 41.9 Å². The van der Waals surface area contributed by atoms with Gasteiger partial charge >= 0.3 is 0 Å². The van der Waals surface area contributed by atoms with Gasteiger partial charge in [0.2, 0.25) is 5.95 Å². The van der Waals surface area contributed by atoms with Crippen LogP contribution in [-0.4, -0.2) is 9.97 Å². The second-order valence-corrected chi connectivity index (χ2v) is 6.73. The van der Waals surface area contributed by atoms with Gasteiger partial charge in [0, 0.05) is 16.3 Å². The van der Waals surface area contributed by atoms with E-state index in [0.29, 0.717) is 11.0 Å². The third kappa shape index (κ3) is 3.44. The first-order valence-electron chi connectivity index (χ1n) is 8.44. The van der Waals surface area contributed by atoms with Crippen molar-refractivity contribution in [1.82, 2.24) is 9.97 Å². The lowest BCUT2D eigenvalue weighted by atomic mass is 10.0. The zero-order valence-electron chi connectivity index (χ0n) is 13.7. The molecule has 25 heavy (non-hydrogen) atoms. The highest BCUT2D eigenvalue weighted by atomic mass is 35.5. The summed E-state index contributed by atoms with van der Waals surface area (Å²) in [7, 11) is 0. The molecule has 4 nitrogen and oxygen atoms in total. The lowest BCUT2D eigenvalue weighted by molar-refractivity contribution is 0.647. The SMILES string of the molecule is Nc1nc(-c2ccc(Cl)cc2)cc(C2CCCc3ccccc3N2)n1. The molecule has 126 valence electrons. The van der Waals surface area contributed by atoms with Gasteiger partial charge in [0.05, 0.1) is 17.4 Å². The fourth-order valence-corrected chi connectivity index (χ4v) is 3.42. The number of benzene rings is 2. The summed E-state index contributed by atoms with van der Waals surface area (Å²) in [5, 5.41) is 4.33. The van der Waals surface area contributed by atoms with Crippen molar-refractivity contribution in [3.63, 3.8) is 0 Å². The van der Waals surface area contributed by atoms with Crippen LogP contribution in [0.25, 0.3) is 11.3 Å². The molecule has 1 aliphatic heterocycles. The predicted octanol–water partition coefficient (Wildman–Crippen LogP) is 4.87. The number of nitrogens with one attached hydrogen (secondary N) is 1. The van der Waals surface area contributed by atoms with E-state index in [1.807, 2.05) is 30.3 Å². The number of nitrogens with two attached hydrogens (primary N) is 1. The van der Waals surface area contributed by atoms with Gasteiger partial charge in [-0.25, -0.2) is 9.97 Å². The molecule has 3 N–H and O–H groups in total. The van der Waals surface area contributed by atoms with Crippen LogP contribution in [0.15, 0.2) is 54.6 Å². The van der Waals surface area contributed by atoms with Crippen molar-refractivity contribution in [3.05, 3.63) is 70.9 Å². The average Bonchev–Trinajstić information content (AvgIpc) is 2.84. The molecule has 0 saturated heterocycles. The number of fused-ring (bicyclic) bond motifs is 1. The average molecular weight is 351 g/mol. The Bertz CT molecular complexity index is 892. The van der Waals surface area contributed by atoms with Crippen LogP contribution in [0, 0.1) is 0 Å².